The van der Waals surface area contributed by atoms with Crippen LogP contribution in [0.25, 0.3) is 0 Å². The Morgan fingerprint density at radius 2 is 1.93 bits per heavy atom. The minimum absolute atomic E-state index is 0.0699. The third-order valence-electron chi connectivity index (χ3n) is 5.60. The van der Waals surface area contributed by atoms with Gasteiger partial charge in [-0.3, -0.25) is 0 Å². The average molecular weight is 382 g/mol. The predicted molar refractivity (Wildman–Crippen MR) is 101 cm³/mol. The highest BCUT2D eigenvalue weighted by atomic mass is 16.6. The normalized spacial score (nSPS) is 30.7. The molecule has 6 heteroatoms. The molecular formula is C21H34O6. The molecule has 154 valence electrons. The molecule has 1 saturated heterocycles. The summed E-state index contributed by atoms with van der Waals surface area (Å²) >= 11 is 0. The van der Waals surface area contributed by atoms with E-state index in [9.17, 15) is 9.59 Å². The van der Waals surface area contributed by atoms with E-state index in [1.807, 2.05) is 0 Å². The second-order valence-corrected chi connectivity index (χ2v) is 8.65. The van der Waals surface area contributed by atoms with Crippen LogP contribution in [-0.4, -0.2) is 50.1 Å². The van der Waals surface area contributed by atoms with Crippen molar-refractivity contribution in [1.29, 1.82) is 0 Å². The molecule has 27 heavy (non-hydrogen) atoms. The van der Waals surface area contributed by atoms with Crippen molar-refractivity contribution >= 4 is 11.9 Å². The number of ether oxygens (including phenoxy) is 4. The van der Waals surface area contributed by atoms with Gasteiger partial charge in [-0.25, -0.2) is 9.59 Å². The lowest BCUT2D eigenvalue weighted by Gasteiger charge is -2.36. The zero-order valence-corrected chi connectivity index (χ0v) is 17.4. The first-order valence-electron chi connectivity index (χ1n) is 9.86. The Morgan fingerprint density at radius 3 is 2.48 bits per heavy atom. The molecule has 1 heterocycles. The smallest absolute Gasteiger partial charge is 0.347 e. The van der Waals surface area contributed by atoms with Gasteiger partial charge in [-0.05, 0) is 44.4 Å². The Morgan fingerprint density at radius 1 is 1.22 bits per heavy atom. The fourth-order valence-electron chi connectivity index (χ4n) is 3.43. The van der Waals surface area contributed by atoms with E-state index in [1.54, 1.807) is 14.0 Å². The summed E-state index contributed by atoms with van der Waals surface area (Å²) in [5, 5.41) is 0. The van der Waals surface area contributed by atoms with Gasteiger partial charge >= 0.3 is 11.9 Å². The summed E-state index contributed by atoms with van der Waals surface area (Å²) in [6.07, 6.45) is 3.66. The lowest BCUT2D eigenvalue weighted by molar-refractivity contribution is -0.177. The molecule has 2 fully saturated rings. The van der Waals surface area contributed by atoms with Gasteiger partial charge in [0.25, 0.3) is 0 Å². The van der Waals surface area contributed by atoms with Crippen LogP contribution >= 0.6 is 0 Å². The molecule has 1 aliphatic heterocycles. The van der Waals surface area contributed by atoms with Crippen LogP contribution in [0.4, 0.5) is 0 Å². The second-order valence-electron chi connectivity index (χ2n) is 8.65. The van der Waals surface area contributed by atoms with E-state index in [-0.39, 0.29) is 17.6 Å². The predicted octanol–water partition coefficient (Wildman–Crippen LogP) is 3.43. The third kappa shape index (κ3) is 6.04. The number of rotatable bonds is 6. The minimum atomic E-state index is -0.803. The Bertz CT molecular complexity index is 562. The molecule has 1 aliphatic carbocycles. The number of allylic oxidation sites excluding steroid dienone is 2. The van der Waals surface area contributed by atoms with Crippen LogP contribution in [0.1, 0.15) is 60.3 Å². The minimum Gasteiger partial charge on any atom is -0.463 e. The van der Waals surface area contributed by atoms with E-state index in [0.29, 0.717) is 18.9 Å². The Hall–Kier alpha value is -1.40. The molecule has 1 saturated carbocycles. The van der Waals surface area contributed by atoms with E-state index >= 15 is 0 Å². The van der Waals surface area contributed by atoms with E-state index in [0.717, 1.165) is 19.3 Å². The van der Waals surface area contributed by atoms with Crippen LogP contribution in [-0.2, 0) is 28.5 Å². The highest BCUT2D eigenvalue weighted by Crippen LogP contribution is 2.34. The number of esters is 2. The van der Waals surface area contributed by atoms with Gasteiger partial charge in [0.15, 0.2) is 6.10 Å². The van der Waals surface area contributed by atoms with Crippen molar-refractivity contribution < 1.29 is 28.5 Å². The average Bonchev–Trinajstić information content (AvgIpc) is 2.99. The highest BCUT2D eigenvalue weighted by Gasteiger charge is 2.36. The Balaban J connectivity index is 1.89. The molecular weight excluding hydrogens is 348 g/mol. The van der Waals surface area contributed by atoms with Crippen molar-refractivity contribution in [2.24, 2.45) is 11.3 Å². The lowest BCUT2D eigenvalue weighted by Crippen LogP contribution is -2.41. The molecule has 0 spiro atoms. The highest BCUT2D eigenvalue weighted by molar-refractivity contribution is 5.82. The van der Waals surface area contributed by atoms with Gasteiger partial charge in [0, 0.05) is 13.5 Å². The van der Waals surface area contributed by atoms with E-state index in [4.69, 9.17) is 18.9 Å². The van der Waals surface area contributed by atoms with Crippen LogP contribution in [0.3, 0.4) is 0 Å². The topological polar surface area (TPSA) is 71.1 Å². The zero-order valence-electron chi connectivity index (χ0n) is 17.4. The maximum atomic E-state index is 12.2. The molecule has 0 amide bonds. The van der Waals surface area contributed by atoms with Crippen LogP contribution in [0.15, 0.2) is 11.6 Å². The van der Waals surface area contributed by atoms with Gasteiger partial charge in [0.1, 0.15) is 0 Å². The van der Waals surface area contributed by atoms with Gasteiger partial charge in [-0.2, -0.15) is 0 Å². The van der Waals surface area contributed by atoms with Gasteiger partial charge in [0.2, 0.25) is 6.10 Å². The number of hydrogen-bond acceptors (Lipinski definition) is 6. The van der Waals surface area contributed by atoms with Crippen molar-refractivity contribution in [3.8, 4) is 0 Å². The second kappa shape index (κ2) is 9.20. The lowest BCUT2D eigenvalue weighted by atomic mass is 9.80. The summed E-state index contributed by atoms with van der Waals surface area (Å²) in [6, 6.07) is 0. The molecule has 2 rings (SSSR count). The molecule has 3 unspecified atom stereocenters. The maximum absolute atomic E-state index is 12.2. The molecule has 6 nitrogen and oxygen atoms in total. The largest absolute Gasteiger partial charge is 0.463 e. The zero-order chi connectivity index (χ0) is 20.2. The van der Waals surface area contributed by atoms with E-state index in [1.165, 1.54) is 5.57 Å². The van der Waals surface area contributed by atoms with Crippen LogP contribution in [0.2, 0.25) is 0 Å². The number of methoxy groups -OCH3 is 1. The molecule has 0 aromatic carbocycles. The van der Waals surface area contributed by atoms with Crippen LogP contribution < -0.4 is 0 Å². The SMILES string of the molecule is CO[C@@H]1CC(/C=C(\C)C(C)(C)C)CC[C@H]1OC(C)C(=O)OC1CCOC1=O. The van der Waals surface area contributed by atoms with E-state index < -0.39 is 24.1 Å². The number of hydrogen-bond donors (Lipinski definition) is 0. The van der Waals surface area contributed by atoms with Crippen LogP contribution in [0, 0.1) is 11.3 Å². The molecule has 0 bridgehead atoms. The van der Waals surface area contributed by atoms with Gasteiger partial charge < -0.3 is 18.9 Å². The van der Waals surface area contributed by atoms with E-state index in [2.05, 4.69) is 33.8 Å². The van der Waals surface area contributed by atoms with Crippen molar-refractivity contribution in [1.82, 2.24) is 0 Å². The number of carbonyl (C=O) groups excluding carboxylic acids is 2. The number of cyclic esters (lactones) is 1. The summed E-state index contributed by atoms with van der Waals surface area (Å²) < 4.78 is 21.6. The monoisotopic (exact) mass is 382 g/mol. The maximum Gasteiger partial charge on any atom is 0.347 e. The molecule has 0 N–H and O–H groups in total. The summed E-state index contributed by atoms with van der Waals surface area (Å²) in [5.41, 5.74) is 1.54. The quantitative estimate of drug-likeness (QED) is 0.518. The van der Waals surface area contributed by atoms with Gasteiger partial charge in [0.05, 0.1) is 18.8 Å². The molecule has 0 aromatic rings. The molecule has 0 aromatic heterocycles. The summed E-state index contributed by atoms with van der Waals surface area (Å²) in [7, 11) is 1.68. The fraction of sp³-hybridized carbons (Fsp3) is 0.810. The molecule has 5 atom stereocenters. The van der Waals surface area contributed by atoms with Crippen molar-refractivity contribution in [2.45, 2.75) is 84.7 Å². The first kappa shape index (κ1) is 21.9. The summed E-state index contributed by atoms with van der Waals surface area (Å²) in [6.45, 7) is 10.8. The first-order valence-corrected chi connectivity index (χ1v) is 9.86. The van der Waals surface area contributed by atoms with Crippen molar-refractivity contribution in [2.75, 3.05) is 13.7 Å². The summed E-state index contributed by atoms with van der Waals surface area (Å²) in [5.74, 6) is -0.560. The van der Waals surface area contributed by atoms with Crippen molar-refractivity contribution in [3.05, 3.63) is 11.6 Å². The third-order valence-corrected chi connectivity index (χ3v) is 5.60. The first-order chi connectivity index (χ1) is 12.6. The summed E-state index contributed by atoms with van der Waals surface area (Å²) in [4.78, 5) is 23.7. The van der Waals surface area contributed by atoms with Crippen molar-refractivity contribution in [3.63, 3.8) is 0 Å². The van der Waals surface area contributed by atoms with Gasteiger partial charge in [-0.15, -0.1) is 0 Å². The fourth-order valence-corrected chi connectivity index (χ4v) is 3.43. The van der Waals surface area contributed by atoms with Gasteiger partial charge in [-0.1, -0.05) is 32.4 Å². The Labute approximate surface area is 162 Å². The van der Waals surface area contributed by atoms with Crippen LogP contribution in [0.5, 0.6) is 0 Å². The molecule has 2 aliphatic rings. The Kier molecular flexibility index (Phi) is 7.46. The standard InChI is InChI=1S/C21H34O6/c1-13(21(3,4)5)11-15-7-8-16(18(12-15)24-6)26-14(2)19(22)27-17-9-10-25-20(17)23/h11,14-18H,7-10,12H2,1-6H3/b13-11+/t14?,15?,16-,17?,18-/m1/s1. The number of carbonyl (C=O) groups is 2. The molecule has 0 radical (unpaired) electrons.